The van der Waals surface area contributed by atoms with Gasteiger partial charge in [0.1, 0.15) is 6.04 Å². The molecular formula is C25H34N2O4. The van der Waals surface area contributed by atoms with Crippen molar-refractivity contribution in [2.24, 2.45) is 11.8 Å². The number of nitrogens with zero attached hydrogens (tertiary/aromatic N) is 2. The fraction of sp³-hybridized carbons (Fsp3) is 0.680. The van der Waals surface area contributed by atoms with Crippen molar-refractivity contribution in [2.75, 3.05) is 20.2 Å². The van der Waals surface area contributed by atoms with Gasteiger partial charge in [-0.05, 0) is 68.8 Å². The van der Waals surface area contributed by atoms with E-state index in [-0.39, 0.29) is 24.0 Å². The first-order chi connectivity index (χ1) is 14.9. The summed E-state index contributed by atoms with van der Waals surface area (Å²) in [7, 11) is 1.39. The molecule has 3 atom stereocenters. The van der Waals surface area contributed by atoms with Crippen molar-refractivity contribution in [1.82, 2.24) is 9.80 Å². The summed E-state index contributed by atoms with van der Waals surface area (Å²) in [4.78, 5) is 29.7. The van der Waals surface area contributed by atoms with Crippen LogP contribution in [0.25, 0.3) is 0 Å². The maximum absolute atomic E-state index is 13.5. The molecule has 1 aliphatic heterocycles. The van der Waals surface area contributed by atoms with Crippen LogP contribution < -0.4 is 0 Å². The third-order valence-corrected chi connectivity index (χ3v) is 8.26. The normalized spacial score (nSPS) is 36.2. The quantitative estimate of drug-likeness (QED) is 0.709. The van der Waals surface area contributed by atoms with Gasteiger partial charge in [0, 0.05) is 18.6 Å². The molecule has 1 amide bonds. The third-order valence-electron chi connectivity index (χ3n) is 8.26. The molecule has 31 heavy (non-hydrogen) atoms. The van der Waals surface area contributed by atoms with Crippen LogP contribution in [-0.4, -0.2) is 64.2 Å². The smallest absolute Gasteiger partial charge is 0.328 e. The highest BCUT2D eigenvalue weighted by atomic mass is 16.5. The van der Waals surface area contributed by atoms with Gasteiger partial charge in [0.25, 0.3) is 0 Å². The molecule has 4 aliphatic carbocycles. The summed E-state index contributed by atoms with van der Waals surface area (Å²) >= 11 is 0. The number of aliphatic hydroxyl groups is 1. The highest BCUT2D eigenvalue weighted by Crippen LogP contribution is 2.59. The summed E-state index contributed by atoms with van der Waals surface area (Å²) in [6, 6.07) is 9.85. The zero-order valence-corrected chi connectivity index (χ0v) is 18.5. The van der Waals surface area contributed by atoms with Crippen molar-refractivity contribution < 1.29 is 19.4 Å². The predicted molar refractivity (Wildman–Crippen MR) is 116 cm³/mol. The van der Waals surface area contributed by atoms with Gasteiger partial charge in [-0.25, -0.2) is 4.79 Å². The number of amides is 1. The fourth-order valence-corrected chi connectivity index (χ4v) is 7.43. The minimum absolute atomic E-state index is 0.00608. The van der Waals surface area contributed by atoms with Crippen LogP contribution >= 0.6 is 0 Å². The molecule has 4 bridgehead atoms. The number of likely N-dealkylation sites (tertiary alicyclic amines) is 1. The Hall–Kier alpha value is -1.92. The second kappa shape index (κ2) is 7.89. The van der Waals surface area contributed by atoms with E-state index in [0.717, 1.165) is 38.5 Å². The molecule has 0 aromatic heterocycles. The zero-order valence-electron chi connectivity index (χ0n) is 18.5. The molecule has 4 saturated carbocycles. The molecule has 0 radical (unpaired) electrons. The Labute approximate surface area is 184 Å². The summed E-state index contributed by atoms with van der Waals surface area (Å²) in [5.74, 6) is 0.791. The van der Waals surface area contributed by atoms with E-state index in [4.69, 9.17) is 4.74 Å². The molecular weight excluding hydrogens is 392 g/mol. The summed E-state index contributed by atoms with van der Waals surface area (Å²) in [5.41, 5.74) is 0.471. The molecule has 1 aromatic carbocycles. The summed E-state index contributed by atoms with van der Waals surface area (Å²) in [6.45, 7) is 1.59. The number of benzene rings is 1. The van der Waals surface area contributed by atoms with E-state index in [2.05, 4.69) is 17.0 Å². The van der Waals surface area contributed by atoms with Gasteiger partial charge in [0.05, 0.1) is 19.3 Å². The molecule has 1 saturated heterocycles. The Morgan fingerprint density at radius 3 is 2.52 bits per heavy atom. The van der Waals surface area contributed by atoms with E-state index in [1.165, 1.54) is 19.1 Å². The highest BCUT2D eigenvalue weighted by molar-refractivity contribution is 5.86. The first-order valence-corrected chi connectivity index (χ1v) is 11.8. The average molecular weight is 427 g/mol. The van der Waals surface area contributed by atoms with Crippen LogP contribution in [0.3, 0.4) is 0 Å². The Kier molecular flexibility index (Phi) is 5.33. The number of esters is 1. The number of rotatable bonds is 6. The van der Waals surface area contributed by atoms with Gasteiger partial charge in [0.2, 0.25) is 5.91 Å². The summed E-state index contributed by atoms with van der Waals surface area (Å²) < 4.78 is 4.95. The fourth-order valence-electron chi connectivity index (χ4n) is 7.43. The maximum atomic E-state index is 13.5. The van der Waals surface area contributed by atoms with Gasteiger partial charge >= 0.3 is 5.97 Å². The molecule has 6 rings (SSSR count). The van der Waals surface area contributed by atoms with Gasteiger partial charge in [-0.15, -0.1) is 0 Å². The molecule has 1 N–H and O–H groups in total. The lowest BCUT2D eigenvalue weighted by atomic mass is 9.50. The van der Waals surface area contributed by atoms with Crippen LogP contribution in [0.2, 0.25) is 0 Å². The third kappa shape index (κ3) is 3.89. The molecule has 0 spiro atoms. The van der Waals surface area contributed by atoms with Crippen LogP contribution in [0.5, 0.6) is 0 Å². The maximum Gasteiger partial charge on any atom is 0.328 e. The lowest BCUT2D eigenvalue weighted by Crippen LogP contribution is -2.66. The molecule has 168 valence electrons. The van der Waals surface area contributed by atoms with E-state index in [9.17, 15) is 14.7 Å². The zero-order chi connectivity index (χ0) is 21.6. The molecule has 6 nitrogen and oxygen atoms in total. The number of carbonyl (C=O) groups excluding carboxylic acids is 2. The minimum atomic E-state index is -0.579. The molecule has 3 unspecified atom stereocenters. The Balaban J connectivity index is 1.41. The highest BCUT2D eigenvalue weighted by Gasteiger charge is 2.59. The number of carbonyl (C=O) groups is 2. The average Bonchev–Trinajstić information content (AvgIpc) is 3.22. The predicted octanol–water partition coefficient (Wildman–Crippen LogP) is 2.74. The first-order valence-electron chi connectivity index (χ1n) is 11.8. The van der Waals surface area contributed by atoms with E-state index in [1.54, 1.807) is 4.90 Å². The second-order valence-corrected chi connectivity index (χ2v) is 10.5. The molecule has 5 aliphatic rings. The monoisotopic (exact) mass is 426 g/mol. The van der Waals surface area contributed by atoms with Crippen LogP contribution in [0, 0.1) is 11.8 Å². The van der Waals surface area contributed by atoms with E-state index < -0.39 is 11.6 Å². The van der Waals surface area contributed by atoms with Crippen molar-refractivity contribution in [3.63, 3.8) is 0 Å². The molecule has 6 heteroatoms. The minimum Gasteiger partial charge on any atom is -0.467 e. The topological polar surface area (TPSA) is 70.1 Å². The van der Waals surface area contributed by atoms with Gasteiger partial charge < -0.3 is 14.7 Å². The number of hydrogen-bond acceptors (Lipinski definition) is 5. The van der Waals surface area contributed by atoms with Crippen LogP contribution in [0.15, 0.2) is 30.3 Å². The van der Waals surface area contributed by atoms with Crippen molar-refractivity contribution in [3.05, 3.63) is 35.9 Å². The van der Waals surface area contributed by atoms with E-state index >= 15 is 0 Å². The largest absolute Gasteiger partial charge is 0.467 e. The first kappa shape index (κ1) is 21.0. The second-order valence-electron chi connectivity index (χ2n) is 10.5. The van der Waals surface area contributed by atoms with Gasteiger partial charge in [-0.3, -0.25) is 9.69 Å². The van der Waals surface area contributed by atoms with Crippen molar-refractivity contribution >= 4 is 11.9 Å². The Bertz CT molecular complexity index is 827. The van der Waals surface area contributed by atoms with Crippen LogP contribution in [0.1, 0.15) is 56.9 Å². The van der Waals surface area contributed by atoms with Crippen molar-refractivity contribution in [1.29, 1.82) is 0 Å². The number of methoxy groups -OCH3 is 1. The summed E-state index contributed by atoms with van der Waals surface area (Å²) in [6.07, 6.45) is 7.43. The van der Waals surface area contributed by atoms with Crippen LogP contribution in [0.4, 0.5) is 0 Å². The Morgan fingerprint density at radius 2 is 1.87 bits per heavy atom. The van der Waals surface area contributed by atoms with E-state index in [1.807, 2.05) is 18.2 Å². The molecule has 1 aromatic rings. The molecule has 5 fully saturated rings. The van der Waals surface area contributed by atoms with E-state index in [0.29, 0.717) is 31.3 Å². The molecule has 1 heterocycles. The van der Waals surface area contributed by atoms with Crippen LogP contribution in [-0.2, 0) is 20.9 Å². The van der Waals surface area contributed by atoms with Crippen molar-refractivity contribution in [2.45, 2.75) is 75.1 Å². The number of ether oxygens (including phenoxy) is 1. The SMILES string of the molecule is COC(=O)C1CCCN1C(=O)CN(Cc1ccccc1)C12CC3CC(CC(O)(C3)C1)C2. The van der Waals surface area contributed by atoms with Gasteiger partial charge in [-0.1, -0.05) is 30.3 Å². The van der Waals surface area contributed by atoms with Gasteiger partial charge in [-0.2, -0.15) is 0 Å². The Morgan fingerprint density at radius 1 is 1.16 bits per heavy atom. The van der Waals surface area contributed by atoms with Crippen molar-refractivity contribution in [3.8, 4) is 0 Å². The summed E-state index contributed by atoms with van der Waals surface area (Å²) in [5, 5.41) is 11.3. The standard InChI is InChI=1S/C25H34N2O4/c1-31-23(29)21-8-5-9-27(21)22(28)16-26(15-18-6-3-2-4-7-18)24-11-19-10-20(12-24)14-25(30,13-19)17-24/h2-4,6-7,19-21,30H,5,8-17H2,1H3. The van der Waals surface area contributed by atoms with Gasteiger partial charge in [0.15, 0.2) is 0 Å². The lowest BCUT2D eigenvalue weighted by molar-refractivity contribution is -0.181. The number of hydrogen-bond donors (Lipinski definition) is 1. The lowest BCUT2D eigenvalue weighted by Gasteiger charge is -2.63.